The second kappa shape index (κ2) is 8.81. The summed E-state index contributed by atoms with van der Waals surface area (Å²) in [6.45, 7) is 5.42. The summed E-state index contributed by atoms with van der Waals surface area (Å²) in [6.07, 6.45) is -3.73. The van der Waals surface area contributed by atoms with Gasteiger partial charge in [0.1, 0.15) is 29.3 Å². The number of nitrogens with zero attached hydrogens (tertiary/aromatic N) is 2. The fourth-order valence-corrected chi connectivity index (χ4v) is 4.12. The molecule has 158 valence electrons. The minimum atomic E-state index is -1.55. The summed E-state index contributed by atoms with van der Waals surface area (Å²) in [5.74, 6) is 0. The third kappa shape index (κ3) is 5.15. The van der Waals surface area contributed by atoms with Gasteiger partial charge < -0.3 is 19.0 Å². The van der Waals surface area contributed by atoms with E-state index in [0.29, 0.717) is 6.29 Å². The van der Waals surface area contributed by atoms with Gasteiger partial charge in [-0.3, -0.25) is 9.89 Å². The van der Waals surface area contributed by atoms with Crippen LogP contribution < -0.4 is 0 Å². The molecule has 0 aliphatic carbocycles. The number of aliphatic imine (C=N–C) groups is 1. The molecule has 7 nitrogen and oxygen atoms in total. The van der Waals surface area contributed by atoms with Gasteiger partial charge in [0.05, 0.1) is 6.61 Å². The van der Waals surface area contributed by atoms with E-state index in [9.17, 15) is 9.59 Å². The van der Waals surface area contributed by atoms with Crippen LogP contribution >= 0.6 is 11.8 Å². The van der Waals surface area contributed by atoms with E-state index in [2.05, 4.69) is 4.99 Å². The fraction of sp³-hybridized carbons (Fsp3) is 0.550. The number of amides is 1. The number of rotatable bonds is 4. The molecule has 29 heavy (non-hydrogen) atoms. The van der Waals surface area contributed by atoms with E-state index in [1.807, 2.05) is 30.3 Å². The van der Waals surface area contributed by atoms with Gasteiger partial charge in [0.15, 0.2) is 17.6 Å². The Bertz CT molecular complexity index is 770. The maximum atomic E-state index is 15.2. The summed E-state index contributed by atoms with van der Waals surface area (Å²) in [5, 5.41) is 0.283. The highest BCUT2D eigenvalue weighted by atomic mass is 32.2. The third-order valence-electron chi connectivity index (χ3n) is 4.39. The van der Waals surface area contributed by atoms with Gasteiger partial charge in [0.25, 0.3) is 0 Å². The predicted molar refractivity (Wildman–Crippen MR) is 107 cm³/mol. The van der Waals surface area contributed by atoms with Gasteiger partial charge in [0.2, 0.25) is 0 Å². The highest BCUT2D eigenvalue weighted by Gasteiger charge is 2.51. The standard InChI is InChI=1S/C20H25FN2O5S/c1-20(2,3)28-19(25)23(4)18-22-15-14(21)16(13(10-24)27-17(15)29-18)26-11-12-8-6-5-7-9-12/h5-10,13-17H,11H2,1-4H3/t13-,14-,15-,16+,17-/m1/s1. The number of fused-ring (bicyclic) bond motifs is 1. The number of hydrogen-bond donors (Lipinski definition) is 0. The van der Waals surface area contributed by atoms with E-state index in [-0.39, 0.29) is 11.8 Å². The van der Waals surface area contributed by atoms with E-state index in [0.717, 1.165) is 17.3 Å². The lowest BCUT2D eigenvalue weighted by Crippen LogP contribution is -2.54. The van der Waals surface area contributed by atoms with Crippen molar-refractivity contribution in [3.8, 4) is 0 Å². The van der Waals surface area contributed by atoms with E-state index < -0.39 is 41.6 Å². The molecule has 1 amide bonds. The average Bonchev–Trinajstić information content (AvgIpc) is 3.10. The topological polar surface area (TPSA) is 77.4 Å². The van der Waals surface area contributed by atoms with E-state index >= 15 is 4.39 Å². The Balaban J connectivity index is 1.70. The number of ether oxygens (including phenoxy) is 3. The molecule has 2 aliphatic rings. The molecule has 1 fully saturated rings. The lowest BCUT2D eigenvalue weighted by atomic mass is 10.00. The molecule has 2 aliphatic heterocycles. The molecule has 3 rings (SSSR count). The molecule has 1 aromatic rings. The summed E-state index contributed by atoms with van der Waals surface area (Å²) in [7, 11) is 1.51. The third-order valence-corrected chi connectivity index (χ3v) is 5.60. The van der Waals surface area contributed by atoms with Crippen molar-refractivity contribution in [2.24, 2.45) is 4.99 Å². The number of hydrogen-bond acceptors (Lipinski definition) is 7. The van der Waals surface area contributed by atoms with Crippen molar-refractivity contribution in [3.63, 3.8) is 0 Å². The summed E-state index contributed by atoms with van der Waals surface area (Å²) in [5.41, 5.74) is -0.516. The number of carbonyl (C=O) groups is 2. The summed E-state index contributed by atoms with van der Waals surface area (Å²) in [4.78, 5) is 29.3. The number of benzene rings is 1. The molecule has 2 heterocycles. The summed E-state index contributed by atoms with van der Waals surface area (Å²) < 4.78 is 32.0. The van der Waals surface area contributed by atoms with Crippen molar-refractivity contribution in [2.75, 3.05) is 7.05 Å². The van der Waals surface area contributed by atoms with Gasteiger partial charge in [-0.25, -0.2) is 9.18 Å². The van der Waals surface area contributed by atoms with Crippen LogP contribution in [0.25, 0.3) is 0 Å². The summed E-state index contributed by atoms with van der Waals surface area (Å²) >= 11 is 1.09. The Morgan fingerprint density at radius 1 is 1.34 bits per heavy atom. The van der Waals surface area contributed by atoms with Gasteiger partial charge in [-0.15, -0.1) is 0 Å². The Hall–Kier alpha value is -1.97. The second-order valence-corrected chi connectivity index (χ2v) is 8.94. The number of aldehydes is 1. The average molecular weight is 424 g/mol. The SMILES string of the molecule is CN(C(=O)OC(C)(C)C)C1=N[C@@H]2[C@@H](F)[C@@H](OCc3ccccc3)[C@@H](C=O)O[C@@H]2S1. The monoisotopic (exact) mass is 424 g/mol. The second-order valence-electron chi connectivity index (χ2n) is 7.87. The number of amidine groups is 1. The first-order valence-electron chi connectivity index (χ1n) is 9.31. The molecular weight excluding hydrogens is 399 g/mol. The zero-order valence-corrected chi connectivity index (χ0v) is 17.6. The molecule has 0 saturated carbocycles. The smallest absolute Gasteiger partial charge is 0.416 e. The number of carbonyl (C=O) groups excluding carboxylic acids is 2. The van der Waals surface area contributed by atoms with Crippen LogP contribution in [0.3, 0.4) is 0 Å². The first-order chi connectivity index (χ1) is 13.7. The Labute approximate surface area is 173 Å². The van der Waals surface area contributed by atoms with E-state index in [1.54, 1.807) is 20.8 Å². The van der Waals surface area contributed by atoms with Crippen LogP contribution in [0.5, 0.6) is 0 Å². The minimum Gasteiger partial charge on any atom is -0.443 e. The molecule has 0 N–H and O–H groups in total. The van der Waals surface area contributed by atoms with E-state index in [4.69, 9.17) is 14.2 Å². The zero-order valence-electron chi connectivity index (χ0n) is 16.8. The van der Waals surface area contributed by atoms with Gasteiger partial charge in [-0.1, -0.05) is 42.1 Å². The molecule has 0 spiro atoms. The molecular formula is C20H25FN2O5S. The number of halogens is 1. The van der Waals surface area contributed by atoms with Gasteiger partial charge >= 0.3 is 6.09 Å². The Morgan fingerprint density at radius 2 is 2.03 bits per heavy atom. The Morgan fingerprint density at radius 3 is 2.66 bits per heavy atom. The number of alkyl halides is 1. The minimum absolute atomic E-state index is 0.151. The molecule has 0 unspecified atom stereocenters. The van der Waals surface area contributed by atoms with Crippen LogP contribution in [0.2, 0.25) is 0 Å². The molecule has 0 bridgehead atoms. The first kappa shape index (κ1) is 21.7. The van der Waals surface area contributed by atoms with Gasteiger partial charge in [-0.2, -0.15) is 0 Å². The van der Waals surface area contributed by atoms with Crippen LogP contribution in [-0.4, -0.2) is 65.0 Å². The van der Waals surface area contributed by atoms with Crippen molar-refractivity contribution in [1.82, 2.24) is 4.90 Å². The molecule has 5 atom stereocenters. The fourth-order valence-electron chi connectivity index (χ4n) is 2.97. The maximum absolute atomic E-state index is 15.2. The molecule has 0 aromatic heterocycles. The number of thioether (sulfide) groups is 1. The van der Waals surface area contributed by atoms with Crippen molar-refractivity contribution in [1.29, 1.82) is 0 Å². The van der Waals surface area contributed by atoms with Crippen LogP contribution in [0.15, 0.2) is 35.3 Å². The highest BCUT2D eigenvalue weighted by Crippen LogP contribution is 2.39. The molecule has 0 radical (unpaired) electrons. The molecule has 1 aromatic carbocycles. The zero-order chi connectivity index (χ0) is 21.2. The van der Waals surface area contributed by atoms with Crippen molar-refractivity contribution < 1.29 is 28.2 Å². The van der Waals surface area contributed by atoms with E-state index in [1.165, 1.54) is 11.9 Å². The van der Waals surface area contributed by atoms with Crippen LogP contribution in [0.4, 0.5) is 9.18 Å². The maximum Gasteiger partial charge on any atom is 0.416 e. The first-order valence-corrected chi connectivity index (χ1v) is 10.2. The predicted octanol–water partition coefficient (Wildman–Crippen LogP) is 3.17. The van der Waals surface area contributed by atoms with Gasteiger partial charge in [0, 0.05) is 7.05 Å². The van der Waals surface area contributed by atoms with Crippen LogP contribution in [-0.2, 0) is 25.6 Å². The van der Waals surface area contributed by atoms with Crippen molar-refractivity contribution in [3.05, 3.63) is 35.9 Å². The quantitative estimate of drug-likeness (QED) is 0.691. The van der Waals surface area contributed by atoms with Gasteiger partial charge in [-0.05, 0) is 26.3 Å². The highest BCUT2D eigenvalue weighted by molar-refractivity contribution is 8.14. The van der Waals surface area contributed by atoms with Crippen LogP contribution in [0, 0.1) is 0 Å². The summed E-state index contributed by atoms with van der Waals surface area (Å²) in [6, 6.07) is 8.41. The normalized spacial score (nSPS) is 29.0. The molecule has 1 saturated heterocycles. The Kier molecular flexibility index (Phi) is 6.60. The lowest BCUT2D eigenvalue weighted by Gasteiger charge is -2.37. The van der Waals surface area contributed by atoms with Crippen molar-refractivity contribution >= 4 is 29.3 Å². The molecule has 9 heteroatoms. The largest absolute Gasteiger partial charge is 0.443 e. The lowest BCUT2D eigenvalue weighted by molar-refractivity contribution is -0.164. The van der Waals surface area contributed by atoms with Crippen molar-refractivity contribution in [2.45, 2.75) is 62.8 Å². The van der Waals surface area contributed by atoms with Crippen LogP contribution in [0.1, 0.15) is 26.3 Å².